The number of rotatable bonds is 5. The van der Waals surface area contributed by atoms with E-state index < -0.39 is 0 Å². The van der Waals surface area contributed by atoms with Crippen LogP contribution < -0.4 is 0 Å². The van der Waals surface area contributed by atoms with E-state index in [-0.39, 0.29) is 5.41 Å². The topological polar surface area (TPSA) is 38.1 Å². The van der Waals surface area contributed by atoms with E-state index in [0.29, 0.717) is 11.8 Å². The van der Waals surface area contributed by atoms with Gasteiger partial charge in [-0.1, -0.05) is 36.8 Å². The molecule has 1 saturated carbocycles. The van der Waals surface area contributed by atoms with Crippen LogP contribution in [0.2, 0.25) is 0 Å². The molecule has 0 radical (unpaired) electrons. The molecule has 1 aromatic carbocycles. The first-order chi connectivity index (χ1) is 12.1. The van der Waals surface area contributed by atoms with Gasteiger partial charge in [0, 0.05) is 26.3 Å². The molecule has 1 aliphatic heterocycles. The third-order valence-electron chi connectivity index (χ3n) is 6.01. The maximum absolute atomic E-state index is 13.3. The normalized spacial score (nSPS) is 22.0. The molecule has 4 rings (SSSR count). The molecule has 2 heterocycles. The number of benzene rings is 1. The van der Waals surface area contributed by atoms with Crippen LogP contribution >= 0.6 is 0 Å². The van der Waals surface area contributed by atoms with Gasteiger partial charge in [0.25, 0.3) is 0 Å². The summed E-state index contributed by atoms with van der Waals surface area (Å²) in [6.07, 6.45) is 10.4. The highest BCUT2D eigenvalue weighted by molar-refractivity contribution is 5.84. The molecular formula is C21H27N3O. The molecule has 1 atom stereocenters. The fourth-order valence-electron chi connectivity index (χ4n) is 4.49. The SMILES string of the molecule is Cn1cc(CC2CCN(C(=O)C3(Cc4ccccc4)CCC3)C2)cn1. The predicted octanol–water partition coefficient (Wildman–Crippen LogP) is 3.22. The molecule has 2 aliphatic rings. The second kappa shape index (κ2) is 6.66. The van der Waals surface area contributed by atoms with Gasteiger partial charge in [0.1, 0.15) is 0 Å². The number of carbonyl (C=O) groups is 1. The van der Waals surface area contributed by atoms with E-state index in [1.807, 2.05) is 24.0 Å². The van der Waals surface area contributed by atoms with Crippen molar-refractivity contribution in [1.29, 1.82) is 0 Å². The summed E-state index contributed by atoms with van der Waals surface area (Å²) in [7, 11) is 1.96. The van der Waals surface area contributed by atoms with Crippen LogP contribution in [0.25, 0.3) is 0 Å². The van der Waals surface area contributed by atoms with Gasteiger partial charge >= 0.3 is 0 Å². The van der Waals surface area contributed by atoms with Crippen LogP contribution in [0.3, 0.4) is 0 Å². The molecule has 1 unspecified atom stereocenters. The molecule has 25 heavy (non-hydrogen) atoms. The minimum Gasteiger partial charge on any atom is -0.342 e. The van der Waals surface area contributed by atoms with Gasteiger partial charge < -0.3 is 4.90 Å². The Morgan fingerprint density at radius 3 is 2.68 bits per heavy atom. The maximum Gasteiger partial charge on any atom is 0.229 e. The number of hydrogen-bond donors (Lipinski definition) is 0. The first-order valence-electron chi connectivity index (χ1n) is 9.45. The van der Waals surface area contributed by atoms with E-state index in [2.05, 4.69) is 40.5 Å². The van der Waals surface area contributed by atoms with Crippen LogP contribution in [0.15, 0.2) is 42.7 Å². The van der Waals surface area contributed by atoms with Crippen molar-refractivity contribution in [1.82, 2.24) is 14.7 Å². The number of likely N-dealkylation sites (tertiary alicyclic amines) is 1. The van der Waals surface area contributed by atoms with E-state index >= 15 is 0 Å². The molecule has 4 nitrogen and oxygen atoms in total. The summed E-state index contributed by atoms with van der Waals surface area (Å²) >= 11 is 0. The molecule has 0 N–H and O–H groups in total. The van der Waals surface area contributed by atoms with Crippen LogP contribution in [0.1, 0.15) is 36.8 Å². The van der Waals surface area contributed by atoms with Crippen molar-refractivity contribution in [3.05, 3.63) is 53.9 Å². The minimum absolute atomic E-state index is 0.134. The van der Waals surface area contributed by atoms with E-state index in [1.165, 1.54) is 17.5 Å². The zero-order valence-electron chi connectivity index (χ0n) is 15.0. The Morgan fingerprint density at radius 2 is 2.04 bits per heavy atom. The fourth-order valence-corrected chi connectivity index (χ4v) is 4.49. The zero-order chi connectivity index (χ0) is 17.3. The fraction of sp³-hybridized carbons (Fsp3) is 0.524. The number of amides is 1. The average Bonchev–Trinajstić information content (AvgIpc) is 3.21. The molecule has 4 heteroatoms. The van der Waals surface area contributed by atoms with Crippen molar-refractivity contribution < 1.29 is 4.79 Å². The monoisotopic (exact) mass is 337 g/mol. The van der Waals surface area contributed by atoms with Crippen LogP contribution in [-0.2, 0) is 24.7 Å². The zero-order valence-corrected chi connectivity index (χ0v) is 15.0. The van der Waals surface area contributed by atoms with Gasteiger partial charge in [-0.3, -0.25) is 9.48 Å². The number of aryl methyl sites for hydroxylation is 1. The lowest BCUT2D eigenvalue weighted by Crippen LogP contribution is -2.48. The van der Waals surface area contributed by atoms with Crippen molar-refractivity contribution >= 4 is 5.91 Å². The summed E-state index contributed by atoms with van der Waals surface area (Å²) in [5, 5.41) is 4.26. The minimum atomic E-state index is -0.134. The molecule has 1 saturated heterocycles. The van der Waals surface area contributed by atoms with Crippen LogP contribution in [0.4, 0.5) is 0 Å². The lowest BCUT2D eigenvalue weighted by Gasteiger charge is -2.43. The molecular weight excluding hydrogens is 310 g/mol. The molecule has 132 valence electrons. The van der Waals surface area contributed by atoms with E-state index in [9.17, 15) is 4.79 Å². The first kappa shape index (κ1) is 16.4. The lowest BCUT2D eigenvalue weighted by atomic mass is 9.64. The summed E-state index contributed by atoms with van der Waals surface area (Å²) in [5.41, 5.74) is 2.44. The second-order valence-electron chi connectivity index (χ2n) is 7.93. The Hall–Kier alpha value is -2.10. The molecule has 0 spiro atoms. The Kier molecular flexibility index (Phi) is 4.36. The molecule has 1 aliphatic carbocycles. The predicted molar refractivity (Wildman–Crippen MR) is 98.0 cm³/mol. The van der Waals surface area contributed by atoms with Gasteiger partial charge in [-0.05, 0) is 49.1 Å². The standard InChI is InChI=1S/C21H27N3O/c1-23-15-19(14-22-23)12-18-8-11-24(16-18)20(25)21(9-5-10-21)13-17-6-3-2-4-7-17/h2-4,6-7,14-15,18H,5,8-13,16H2,1H3. The molecule has 1 amide bonds. The van der Waals surface area contributed by atoms with Crippen LogP contribution in [-0.4, -0.2) is 33.7 Å². The number of hydrogen-bond acceptors (Lipinski definition) is 2. The summed E-state index contributed by atoms with van der Waals surface area (Å²) in [5.74, 6) is 0.971. The van der Waals surface area contributed by atoms with Crippen molar-refractivity contribution in [2.75, 3.05) is 13.1 Å². The molecule has 2 fully saturated rings. The number of carbonyl (C=O) groups excluding carboxylic acids is 1. The van der Waals surface area contributed by atoms with Crippen LogP contribution in [0, 0.1) is 11.3 Å². The smallest absolute Gasteiger partial charge is 0.229 e. The molecule has 0 bridgehead atoms. The number of aromatic nitrogens is 2. The van der Waals surface area contributed by atoms with Gasteiger partial charge in [0.05, 0.1) is 11.6 Å². The average molecular weight is 337 g/mol. The first-order valence-corrected chi connectivity index (χ1v) is 9.45. The highest BCUT2D eigenvalue weighted by atomic mass is 16.2. The van der Waals surface area contributed by atoms with Crippen molar-refractivity contribution in [3.8, 4) is 0 Å². The van der Waals surface area contributed by atoms with E-state index in [4.69, 9.17) is 0 Å². The quantitative estimate of drug-likeness (QED) is 0.840. The summed E-state index contributed by atoms with van der Waals surface area (Å²) in [6, 6.07) is 10.5. The maximum atomic E-state index is 13.3. The third kappa shape index (κ3) is 3.35. The summed E-state index contributed by atoms with van der Waals surface area (Å²) in [6.45, 7) is 1.82. The summed E-state index contributed by atoms with van der Waals surface area (Å²) < 4.78 is 1.86. The van der Waals surface area contributed by atoms with Gasteiger partial charge in [-0.25, -0.2) is 0 Å². The van der Waals surface area contributed by atoms with E-state index in [1.54, 1.807) is 0 Å². The van der Waals surface area contributed by atoms with Gasteiger partial charge in [0.2, 0.25) is 5.91 Å². The Bertz CT molecular complexity index is 733. The van der Waals surface area contributed by atoms with Crippen molar-refractivity contribution in [2.24, 2.45) is 18.4 Å². The molecule has 1 aromatic heterocycles. The van der Waals surface area contributed by atoms with Gasteiger partial charge in [-0.15, -0.1) is 0 Å². The van der Waals surface area contributed by atoms with Gasteiger partial charge in [-0.2, -0.15) is 5.10 Å². The molecule has 2 aromatic rings. The highest BCUT2D eigenvalue weighted by Crippen LogP contribution is 2.46. The van der Waals surface area contributed by atoms with Crippen molar-refractivity contribution in [2.45, 2.75) is 38.5 Å². The van der Waals surface area contributed by atoms with Gasteiger partial charge in [0.15, 0.2) is 0 Å². The Morgan fingerprint density at radius 1 is 1.24 bits per heavy atom. The largest absolute Gasteiger partial charge is 0.342 e. The lowest BCUT2D eigenvalue weighted by molar-refractivity contribution is -0.146. The Balaban J connectivity index is 1.40. The van der Waals surface area contributed by atoms with E-state index in [0.717, 1.165) is 45.2 Å². The third-order valence-corrected chi connectivity index (χ3v) is 6.01. The summed E-state index contributed by atoms with van der Waals surface area (Å²) in [4.78, 5) is 15.4. The van der Waals surface area contributed by atoms with Crippen LogP contribution in [0.5, 0.6) is 0 Å². The van der Waals surface area contributed by atoms with Crippen molar-refractivity contribution in [3.63, 3.8) is 0 Å². The highest BCUT2D eigenvalue weighted by Gasteiger charge is 2.47. The number of nitrogens with zero attached hydrogens (tertiary/aromatic N) is 3. The Labute approximate surface area is 149 Å². The second-order valence-corrected chi connectivity index (χ2v) is 7.93.